The van der Waals surface area contributed by atoms with Crippen molar-refractivity contribution in [2.24, 2.45) is 0 Å². The lowest BCUT2D eigenvalue weighted by atomic mass is 10.1. The molecule has 0 fully saturated rings. The molecule has 0 amide bonds. The van der Waals surface area contributed by atoms with E-state index in [1.807, 2.05) is 0 Å². The number of hydrogen-bond acceptors (Lipinski definition) is 5. The molecule has 2 heterocycles. The second-order valence-electron chi connectivity index (χ2n) is 5.59. The highest BCUT2D eigenvalue weighted by Gasteiger charge is 2.33. The number of hydrogen-bond donors (Lipinski definition) is 0. The molecule has 0 unspecified atom stereocenters. The third-order valence-electron chi connectivity index (χ3n) is 3.64. The molecular weight excluding hydrogens is 385 g/mol. The summed E-state index contributed by atoms with van der Waals surface area (Å²) in [5.74, 6) is -0.524. The normalized spacial score (nSPS) is 11.4. The third kappa shape index (κ3) is 4.46. The fraction of sp³-hybridized carbons (Fsp3) is 0.167. The maximum absolute atomic E-state index is 12.6. The van der Waals surface area contributed by atoms with Gasteiger partial charge in [-0.25, -0.2) is 9.78 Å². The summed E-state index contributed by atoms with van der Waals surface area (Å²) in [5, 5.41) is 4.46. The molecule has 5 nitrogen and oxygen atoms in total. The van der Waals surface area contributed by atoms with Crippen LogP contribution in [0, 0.1) is 6.92 Å². The van der Waals surface area contributed by atoms with Gasteiger partial charge in [0.1, 0.15) is 11.4 Å². The lowest BCUT2D eigenvalue weighted by molar-refractivity contribution is -0.141. The average Bonchev–Trinajstić information content (AvgIpc) is 3.08. The van der Waals surface area contributed by atoms with Crippen LogP contribution in [0.25, 0.3) is 11.3 Å². The number of aromatic nitrogens is 2. The van der Waals surface area contributed by atoms with Gasteiger partial charge in [0.15, 0.2) is 12.4 Å². The van der Waals surface area contributed by atoms with Crippen LogP contribution in [0.2, 0.25) is 5.02 Å². The number of aryl methyl sites for hydroxylation is 1. The summed E-state index contributed by atoms with van der Waals surface area (Å²) in [6.07, 6.45) is -4.58. The van der Waals surface area contributed by atoms with E-state index in [4.69, 9.17) is 20.9 Å². The standard InChI is InChI=1S/C18H12ClF3N2O3/c1-10-14(6-7-16(23-10)18(20,21)22)17(25)26-9-13-8-15(24-27-13)11-2-4-12(19)5-3-11/h2-8H,9H2,1H3. The summed E-state index contributed by atoms with van der Waals surface area (Å²) >= 11 is 5.83. The van der Waals surface area contributed by atoms with Crippen molar-refractivity contribution in [3.8, 4) is 11.3 Å². The van der Waals surface area contributed by atoms with E-state index in [1.165, 1.54) is 6.92 Å². The van der Waals surface area contributed by atoms with Crippen LogP contribution in [-0.4, -0.2) is 16.1 Å². The molecule has 0 bridgehead atoms. The minimum Gasteiger partial charge on any atom is -0.454 e. The van der Waals surface area contributed by atoms with Gasteiger partial charge in [0, 0.05) is 16.7 Å². The summed E-state index contributed by atoms with van der Waals surface area (Å²) in [5.41, 5.74) is 0.0997. The van der Waals surface area contributed by atoms with Crippen molar-refractivity contribution < 1.29 is 27.2 Å². The number of benzene rings is 1. The Morgan fingerprint density at radius 2 is 1.89 bits per heavy atom. The zero-order valence-electron chi connectivity index (χ0n) is 13.9. The molecule has 140 valence electrons. The Morgan fingerprint density at radius 3 is 2.52 bits per heavy atom. The molecule has 1 aromatic carbocycles. The topological polar surface area (TPSA) is 65.2 Å². The molecule has 0 saturated carbocycles. The first-order valence-corrected chi connectivity index (χ1v) is 8.05. The van der Waals surface area contributed by atoms with Gasteiger partial charge in [-0.1, -0.05) is 28.9 Å². The molecule has 2 aromatic heterocycles. The van der Waals surface area contributed by atoms with Crippen molar-refractivity contribution in [1.29, 1.82) is 0 Å². The highest BCUT2D eigenvalue weighted by atomic mass is 35.5. The highest BCUT2D eigenvalue weighted by Crippen LogP contribution is 2.28. The van der Waals surface area contributed by atoms with E-state index in [-0.39, 0.29) is 23.6 Å². The molecule has 0 aliphatic rings. The second-order valence-corrected chi connectivity index (χ2v) is 6.03. The minimum absolute atomic E-state index is 0.0551. The molecule has 0 N–H and O–H groups in total. The van der Waals surface area contributed by atoms with Crippen LogP contribution in [0.1, 0.15) is 27.5 Å². The molecule has 0 aliphatic carbocycles. The van der Waals surface area contributed by atoms with Gasteiger partial charge in [0.2, 0.25) is 0 Å². The van der Waals surface area contributed by atoms with Crippen molar-refractivity contribution in [2.75, 3.05) is 0 Å². The Hall–Kier alpha value is -2.87. The van der Waals surface area contributed by atoms with Crippen molar-refractivity contribution >= 4 is 17.6 Å². The molecule has 0 aliphatic heterocycles. The van der Waals surface area contributed by atoms with E-state index < -0.39 is 17.8 Å². The smallest absolute Gasteiger partial charge is 0.433 e. The summed E-state index contributed by atoms with van der Waals surface area (Å²) in [6.45, 7) is 1.08. The monoisotopic (exact) mass is 396 g/mol. The lowest BCUT2D eigenvalue weighted by Gasteiger charge is -2.09. The van der Waals surface area contributed by atoms with Crippen molar-refractivity contribution in [1.82, 2.24) is 10.1 Å². The number of carbonyl (C=O) groups is 1. The molecule has 0 radical (unpaired) electrons. The van der Waals surface area contributed by atoms with Crippen LogP contribution in [0.5, 0.6) is 0 Å². The van der Waals surface area contributed by atoms with E-state index in [2.05, 4.69) is 10.1 Å². The van der Waals surface area contributed by atoms with Crippen LogP contribution < -0.4 is 0 Å². The van der Waals surface area contributed by atoms with Gasteiger partial charge in [-0.2, -0.15) is 13.2 Å². The molecule has 0 atom stereocenters. The van der Waals surface area contributed by atoms with E-state index in [1.54, 1.807) is 30.3 Å². The minimum atomic E-state index is -4.58. The molecule has 0 spiro atoms. The first-order chi connectivity index (χ1) is 12.7. The van der Waals surface area contributed by atoms with E-state index in [0.29, 0.717) is 10.7 Å². The number of ether oxygens (including phenoxy) is 1. The van der Waals surface area contributed by atoms with Gasteiger partial charge < -0.3 is 9.26 Å². The zero-order valence-corrected chi connectivity index (χ0v) is 14.6. The summed E-state index contributed by atoms with van der Waals surface area (Å²) in [7, 11) is 0. The maximum Gasteiger partial charge on any atom is 0.433 e. The Labute approximate surface area is 156 Å². The van der Waals surface area contributed by atoms with Gasteiger partial charge in [-0.3, -0.25) is 0 Å². The van der Waals surface area contributed by atoms with Gasteiger partial charge in [0.25, 0.3) is 0 Å². The molecule has 9 heteroatoms. The number of carbonyl (C=O) groups excluding carboxylic acids is 1. The Bertz CT molecular complexity index is 969. The third-order valence-corrected chi connectivity index (χ3v) is 3.89. The molecule has 3 rings (SSSR count). The summed E-state index contributed by atoms with van der Waals surface area (Å²) in [4.78, 5) is 15.5. The van der Waals surface area contributed by atoms with E-state index >= 15 is 0 Å². The maximum atomic E-state index is 12.6. The number of esters is 1. The second kappa shape index (κ2) is 7.40. The lowest BCUT2D eigenvalue weighted by Crippen LogP contribution is -2.13. The largest absolute Gasteiger partial charge is 0.454 e. The first-order valence-electron chi connectivity index (χ1n) is 7.67. The number of nitrogens with zero attached hydrogens (tertiary/aromatic N) is 2. The van der Waals surface area contributed by atoms with Gasteiger partial charge in [-0.15, -0.1) is 0 Å². The quantitative estimate of drug-likeness (QED) is 0.576. The Morgan fingerprint density at radius 1 is 1.19 bits per heavy atom. The van der Waals surface area contributed by atoms with Crippen molar-refractivity contribution in [2.45, 2.75) is 19.7 Å². The SMILES string of the molecule is Cc1nc(C(F)(F)F)ccc1C(=O)OCc1cc(-c2ccc(Cl)cc2)no1. The Balaban J connectivity index is 1.67. The van der Waals surface area contributed by atoms with Gasteiger partial charge in [0.05, 0.1) is 11.3 Å². The van der Waals surface area contributed by atoms with Crippen LogP contribution >= 0.6 is 11.6 Å². The van der Waals surface area contributed by atoms with Crippen LogP contribution in [0.4, 0.5) is 13.2 Å². The summed E-state index contributed by atoms with van der Waals surface area (Å²) < 4.78 is 48.1. The predicted molar refractivity (Wildman–Crippen MR) is 90.0 cm³/mol. The fourth-order valence-electron chi connectivity index (χ4n) is 2.29. The van der Waals surface area contributed by atoms with E-state index in [9.17, 15) is 18.0 Å². The molecule has 3 aromatic rings. The van der Waals surface area contributed by atoms with Gasteiger partial charge >= 0.3 is 12.1 Å². The Kier molecular flexibility index (Phi) is 5.18. The zero-order chi connectivity index (χ0) is 19.6. The molecular formula is C18H12ClF3N2O3. The van der Waals surface area contributed by atoms with Crippen molar-refractivity contribution in [3.05, 3.63) is 70.2 Å². The highest BCUT2D eigenvalue weighted by molar-refractivity contribution is 6.30. The number of pyridine rings is 1. The average molecular weight is 397 g/mol. The first kappa shape index (κ1) is 18.9. The summed E-state index contributed by atoms with van der Waals surface area (Å²) in [6, 6.07) is 10.3. The van der Waals surface area contributed by atoms with Crippen LogP contribution in [0.3, 0.4) is 0 Å². The van der Waals surface area contributed by atoms with E-state index in [0.717, 1.165) is 17.7 Å². The fourth-order valence-corrected chi connectivity index (χ4v) is 2.41. The predicted octanol–water partition coefficient (Wildman–Crippen LogP) is 5.07. The van der Waals surface area contributed by atoms with Gasteiger partial charge in [-0.05, 0) is 31.2 Å². The van der Waals surface area contributed by atoms with Crippen LogP contribution in [0.15, 0.2) is 47.0 Å². The van der Waals surface area contributed by atoms with Crippen molar-refractivity contribution in [3.63, 3.8) is 0 Å². The number of rotatable bonds is 4. The number of alkyl halides is 3. The number of halogens is 4. The molecule has 27 heavy (non-hydrogen) atoms. The molecule has 0 saturated heterocycles. The van der Waals surface area contributed by atoms with Crippen LogP contribution in [-0.2, 0) is 17.5 Å².